The number of carbonyl (C=O) groups excluding carboxylic acids is 1. The maximum Gasteiger partial charge on any atom is 0.275 e. The van der Waals surface area contributed by atoms with Gasteiger partial charge in [-0.15, -0.1) is 11.3 Å². The number of aromatic amines is 1. The highest BCUT2D eigenvalue weighted by atomic mass is 32.2. The second-order valence-electron chi connectivity index (χ2n) is 3.81. The SMILES string of the molecule is NNC(=O)c1ccc(CSc2ncnc3nc[nH]c23)s1. The van der Waals surface area contributed by atoms with Crippen molar-refractivity contribution in [2.45, 2.75) is 10.8 Å². The summed E-state index contributed by atoms with van der Waals surface area (Å²) in [4.78, 5) is 28.5. The summed E-state index contributed by atoms with van der Waals surface area (Å²) in [5.41, 5.74) is 3.60. The van der Waals surface area contributed by atoms with Crippen LogP contribution in [0, 0.1) is 0 Å². The fourth-order valence-electron chi connectivity index (χ4n) is 1.64. The van der Waals surface area contributed by atoms with Crippen LogP contribution in [-0.4, -0.2) is 25.8 Å². The molecule has 4 N–H and O–H groups in total. The number of imidazole rings is 1. The van der Waals surface area contributed by atoms with Crippen LogP contribution in [-0.2, 0) is 5.75 Å². The summed E-state index contributed by atoms with van der Waals surface area (Å²) < 4.78 is 0. The van der Waals surface area contributed by atoms with Gasteiger partial charge in [-0.3, -0.25) is 10.2 Å². The molecule has 0 bridgehead atoms. The normalized spacial score (nSPS) is 10.8. The van der Waals surface area contributed by atoms with E-state index in [2.05, 4.69) is 25.4 Å². The van der Waals surface area contributed by atoms with E-state index in [9.17, 15) is 4.79 Å². The topological polar surface area (TPSA) is 110 Å². The molecule has 0 aliphatic heterocycles. The molecule has 20 heavy (non-hydrogen) atoms. The zero-order chi connectivity index (χ0) is 13.9. The molecule has 0 aliphatic carbocycles. The molecule has 3 aromatic rings. The van der Waals surface area contributed by atoms with E-state index in [1.165, 1.54) is 17.7 Å². The molecule has 102 valence electrons. The highest BCUT2D eigenvalue weighted by Gasteiger charge is 2.10. The Morgan fingerprint density at radius 2 is 2.30 bits per heavy atom. The largest absolute Gasteiger partial charge is 0.341 e. The van der Waals surface area contributed by atoms with Gasteiger partial charge in [0.25, 0.3) is 5.91 Å². The lowest BCUT2D eigenvalue weighted by atomic mass is 10.4. The van der Waals surface area contributed by atoms with Gasteiger partial charge < -0.3 is 4.98 Å². The van der Waals surface area contributed by atoms with Gasteiger partial charge in [0.15, 0.2) is 5.65 Å². The number of thiophene rings is 1. The van der Waals surface area contributed by atoms with Gasteiger partial charge in [0.05, 0.1) is 11.2 Å². The number of thioether (sulfide) groups is 1. The Labute approximate surface area is 122 Å². The summed E-state index contributed by atoms with van der Waals surface area (Å²) in [6.07, 6.45) is 3.09. The lowest BCUT2D eigenvalue weighted by molar-refractivity contribution is 0.0957. The first kappa shape index (κ1) is 13.0. The van der Waals surface area contributed by atoms with Crippen molar-refractivity contribution in [3.05, 3.63) is 34.5 Å². The van der Waals surface area contributed by atoms with E-state index in [0.717, 1.165) is 15.4 Å². The van der Waals surface area contributed by atoms with Gasteiger partial charge in [0, 0.05) is 10.6 Å². The summed E-state index contributed by atoms with van der Waals surface area (Å²) in [5, 5.41) is 0.839. The third kappa shape index (κ3) is 2.50. The molecule has 3 rings (SSSR count). The predicted octanol–water partition coefficient (Wildman–Crippen LogP) is 1.31. The van der Waals surface area contributed by atoms with Crippen LogP contribution >= 0.6 is 23.1 Å². The van der Waals surface area contributed by atoms with Gasteiger partial charge in [-0.25, -0.2) is 20.8 Å². The molecule has 0 spiro atoms. The maximum absolute atomic E-state index is 11.4. The van der Waals surface area contributed by atoms with E-state index >= 15 is 0 Å². The van der Waals surface area contributed by atoms with Gasteiger partial charge in [-0.2, -0.15) is 0 Å². The molecule has 3 heterocycles. The predicted molar refractivity (Wildman–Crippen MR) is 77.2 cm³/mol. The highest BCUT2D eigenvalue weighted by molar-refractivity contribution is 7.98. The lowest BCUT2D eigenvalue weighted by Crippen LogP contribution is -2.29. The highest BCUT2D eigenvalue weighted by Crippen LogP contribution is 2.28. The number of hydrazine groups is 1. The molecule has 3 aromatic heterocycles. The third-order valence-electron chi connectivity index (χ3n) is 2.56. The second-order valence-corrected chi connectivity index (χ2v) is 5.94. The van der Waals surface area contributed by atoms with Gasteiger partial charge >= 0.3 is 0 Å². The molecule has 0 saturated heterocycles. The number of hydrogen-bond donors (Lipinski definition) is 3. The van der Waals surface area contributed by atoms with E-state index in [1.807, 2.05) is 6.07 Å². The van der Waals surface area contributed by atoms with E-state index in [1.54, 1.807) is 24.2 Å². The molecular formula is C11H10N6OS2. The minimum Gasteiger partial charge on any atom is -0.341 e. The number of H-pyrrole nitrogens is 1. The van der Waals surface area contributed by atoms with E-state index < -0.39 is 0 Å². The Bertz CT molecular complexity index is 752. The number of nitrogen functional groups attached to an aromatic ring is 1. The Morgan fingerprint density at radius 3 is 3.15 bits per heavy atom. The molecular weight excluding hydrogens is 296 g/mol. The lowest BCUT2D eigenvalue weighted by Gasteiger charge is -1.99. The minimum absolute atomic E-state index is 0.274. The fourth-order valence-corrected chi connectivity index (χ4v) is 3.55. The molecule has 0 radical (unpaired) electrons. The number of carbonyl (C=O) groups is 1. The summed E-state index contributed by atoms with van der Waals surface area (Å²) in [5.74, 6) is 5.54. The van der Waals surface area contributed by atoms with Crippen LogP contribution < -0.4 is 11.3 Å². The quantitative estimate of drug-likeness (QED) is 0.220. The molecule has 7 nitrogen and oxygen atoms in total. The number of nitrogens with zero attached hydrogens (tertiary/aromatic N) is 3. The Morgan fingerprint density at radius 1 is 1.40 bits per heavy atom. The van der Waals surface area contributed by atoms with E-state index in [4.69, 9.17) is 5.84 Å². The third-order valence-corrected chi connectivity index (χ3v) is 4.86. The molecule has 0 fully saturated rings. The van der Waals surface area contributed by atoms with Crippen molar-refractivity contribution in [3.63, 3.8) is 0 Å². The van der Waals surface area contributed by atoms with Crippen LogP contribution in [0.15, 0.2) is 29.8 Å². The van der Waals surface area contributed by atoms with Gasteiger partial charge in [0.2, 0.25) is 0 Å². The standard InChI is InChI=1S/C11H10N6OS2/c12-17-10(18)7-2-1-6(20-7)3-19-11-8-9(14-4-13-8)15-5-16-11/h1-2,4-5H,3,12H2,(H,17,18)(H,13,14,15,16). The van der Waals surface area contributed by atoms with Crippen molar-refractivity contribution >= 4 is 40.2 Å². The number of rotatable bonds is 4. The van der Waals surface area contributed by atoms with Gasteiger partial charge in [-0.1, -0.05) is 11.8 Å². The van der Waals surface area contributed by atoms with E-state index in [0.29, 0.717) is 16.3 Å². The van der Waals surface area contributed by atoms with Crippen molar-refractivity contribution in [2.24, 2.45) is 5.84 Å². The molecule has 9 heteroatoms. The van der Waals surface area contributed by atoms with Crippen LogP contribution in [0.3, 0.4) is 0 Å². The number of hydrogen-bond acceptors (Lipinski definition) is 7. The maximum atomic E-state index is 11.4. The smallest absolute Gasteiger partial charge is 0.275 e. The number of amides is 1. The first-order valence-corrected chi connectivity index (χ1v) is 7.44. The fraction of sp³-hybridized carbons (Fsp3) is 0.0909. The minimum atomic E-state index is -0.274. The average molecular weight is 306 g/mol. The number of nitrogens with one attached hydrogen (secondary N) is 2. The van der Waals surface area contributed by atoms with Crippen LogP contribution in [0.1, 0.15) is 14.5 Å². The Balaban J connectivity index is 1.75. The molecule has 1 amide bonds. The zero-order valence-electron chi connectivity index (χ0n) is 10.2. The van der Waals surface area contributed by atoms with Crippen LogP contribution in [0.5, 0.6) is 0 Å². The van der Waals surface area contributed by atoms with Crippen LogP contribution in [0.2, 0.25) is 0 Å². The van der Waals surface area contributed by atoms with Crippen molar-refractivity contribution in [1.82, 2.24) is 25.4 Å². The molecule has 0 unspecified atom stereocenters. The van der Waals surface area contributed by atoms with Gasteiger partial charge in [0.1, 0.15) is 16.9 Å². The summed E-state index contributed by atoms with van der Waals surface area (Å²) in [6.45, 7) is 0. The Kier molecular flexibility index (Phi) is 3.63. The molecule has 0 aliphatic rings. The molecule has 0 atom stereocenters. The van der Waals surface area contributed by atoms with Crippen molar-refractivity contribution < 1.29 is 4.79 Å². The summed E-state index contributed by atoms with van der Waals surface area (Å²) in [7, 11) is 0. The van der Waals surface area contributed by atoms with Gasteiger partial charge in [-0.05, 0) is 12.1 Å². The number of aromatic nitrogens is 4. The van der Waals surface area contributed by atoms with Crippen LogP contribution in [0.25, 0.3) is 11.2 Å². The summed E-state index contributed by atoms with van der Waals surface area (Å²) in [6, 6.07) is 3.67. The van der Waals surface area contributed by atoms with Crippen molar-refractivity contribution in [2.75, 3.05) is 0 Å². The van der Waals surface area contributed by atoms with Crippen LogP contribution in [0.4, 0.5) is 0 Å². The zero-order valence-corrected chi connectivity index (χ0v) is 11.8. The second kappa shape index (κ2) is 5.57. The summed E-state index contributed by atoms with van der Waals surface area (Å²) >= 11 is 2.98. The number of fused-ring (bicyclic) bond motifs is 1. The monoisotopic (exact) mass is 306 g/mol. The van der Waals surface area contributed by atoms with E-state index in [-0.39, 0.29) is 5.91 Å². The first-order chi connectivity index (χ1) is 9.78. The molecule has 0 saturated carbocycles. The molecule has 0 aromatic carbocycles. The Hall–Kier alpha value is -1.97. The number of nitrogens with two attached hydrogens (primary N) is 1. The average Bonchev–Trinajstić information content (AvgIpc) is 3.13. The first-order valence-electron chi connectivity index (χ1n) is 5.64. The van der Waals surface area contributed by atoms with Crippen molar-refractivity contribution in [1.29, 1.82) is 0 Å². The van der Waals surface area contributed by atoms with Crippen molar-refractivity contribution in [3.8, 4) is 0 Å².